The molecule has 13 heavy (non-hydrogen) atoms. The van der Waals surface area contributed by atoms with Crippen LogP contribution in [0, 0.1) is 0 Å². The molecule has 0 bridgehead atoms. The lowest BCUT2D eigenvalue weighted by molar-refractivity contribution is 0.515. The number of hydrogen-bond acceptors (Lipinski definition) is 1. The molecule has 2 rings (SSSR count). The molecule has 0 saturated carbocycles. The van der Waals surface area contributed by atoms with Gasteiger partial charge < -0.3 is 5.32 Å². The molecule has 1 aliphatic heterocycles. The molecule has 0 fully saturated rings. The van der Waals surface area contributed by atoms with Gasteiger partial charge in [-0.15, -0.1) is 0 Å². The molecule has 70 valence electrons. The normalized spacial score (nSPS) is 25.5. The van der Waals surface area contributed by atoms with Crippen LogP contribution in [0.2, 0.25) is 0 Å². The zero-order valence-electron chi connectivity index (χ0n) is 8.02. The third kappa shape index (κ3) is 1.60. The summed E-state index contributed by atoms with van der Waals surface area (Å²) < 4.78 is 1.17. The standard InChI is InChI=1S/C11H14BrN/c1-3-11(2)7-8-6-9(12)4-5-10(8)13-11/h4-6,13H,3,7H2,1-2H3. The molecule has 0 aliphatic carbocycles. The van der Waals surface area contributed by atoms with E-state index in [0.29, 0.717) is 0 Å². The summed E-state index contributed by atoms with van der Waals surface area (Å²) in [6.07, 6.45) is 2.30. The Kier molecular flexibility index (Phi) is 2.11. The SMILES string of the molecule is CCC1(C)Cc2cc(Br)ccc2N1. The van der Waals surface area contributed by atoms with Crippen LogP contribution >= 0.6 is 15.9 Å². The van der Waals surface area contributed by atoms with Gasteiger partial charge in [-0.3, -0.25) is 0 Å². The minimum Gasteiger partial charge on any atom is -0.379 e. The fraction of sp³-hybridized carbons (Fsp3) is 0.455. The lowest BCUT2D eigenvalue weighted by atomic mass is 9.95. The van der Waals surface area contributed by atoms with E-state index in [9.17, 15) is 0 Å². The Morgan fingerprint density at radius 1 is 1.54 bits per heavy atom. The van der Waals surface area contributed by atoms with Gasteiger partial charge in [-0.2, -0.15) is 0 Å². The van der Waals surface area contributed by atoms with E-state index in [-0.39, 0.29) is 5.54 Å². The highest BCUT2D eigenvalue weighted by Gasteiger charge is 2.29. The van der Waals surface area contributed by atoms with Gasteiger partial charge in [-0.05, 0) is 43.5 Å². The molecule has 0 spiro atoms. The molecule has 1 heterocycles. The third-order valence-electron chi connectivity index (χ3n) is 2.86. The molecule has 1 atom stereocenters. The van der Waals surface area contributed by atoms with Crippen molar-refractivity contribution in [3.63, 3.8) is 0 Å². The summed E-state index contributed by atoms with van der Waals surface area (Å²) in [5.74, 6) is 0. The quantitative estimate of drug-likeness (QED) is 0.791. The third-order valence-corrected chi connectivity index (χ3v) is 3.36. The van der Waals surface area contributed by atoms with Crippen LogP contribution in [0.15, 0.2) is 22.7 Å². The summed E-state index contributed by atoms with van der Waals surface area (Å²) in [5.41, 5.74) is 3.00. The van der Waals surface area contributed by atoms with Crippen LogP contribution in [0.1, 0.15) is 25.8 Å². The van der Waals surface area contributed by atoms with E-state index in [0.717, 1.165) is 6.42 Å². The number of nitrogens with one attached hydrogen (secondary N) is 1. The van der Waals surface area contributed by atoms with Crippen molar-refractivity contribution in [1.82, 2.24) is 0 Å². The minimum atomic E-state index is 0.267. The molecule has 1 N–H and O–H groups in total. The highest BCUT2D eigenvalue weighted by atomic mass is 79.9. The molecule has 1 nitrogen and oxygen atoms in total. The van der Waals surface area contributed by atoms with E-state index in [2.05, 4.69) is 53.3 Å². The summed E-state index contributed by atoms with van der Waals surface area (Å²) in [6.45, 7) is 4.51. The number of hydrogen-bond donors (Lipinski definition) is 1. The van der Waals surface area contributed by atoms with Crippen molar-refractivity contribution < 1.29 is 0 Å². The molecule has 0 saturated heterocycles. The summed E-state index contributed by atoms with van der Waals surface area (Å²) in [5, 5.41) is 3.57. The summed E-state index contributed by atoms with van der Waals surface area (Å²) in [7, 11) is 0. The molecule has 0 radical (unpaired) electrons. The Bertz CT molecular complexity index is 335. The number of benzene rings is 1. The molecule has 1 aromatic rings. The van der Waals surface area contributed by atoms with Crippen LogP contribution in [0.4, 0.5) is 5.69 Å². The Balaban J connectivity index is 2.35. The van der Waals surface area contributed by atoms with Crippen LogP contribution in [0.3, 0.4) is 0 Å². The van der Waals surface area contributed by atoms with Gasteiger partial charge in [-0.1, -0.05) is 22.9 Å². The van der Waals surface area contributed by atoms with Crippen LogP contribution in [-0.2, 0) is 6.42 Å². The minimum absolute atomic E-state index is 0.267. The van der Waals surface area contributed by atoms with E-state index >= 15 is 0 Å². The Morgan fingerprint density at radius 2 is 2.31 bits per heavy atom. The zero-order valence-corrected chi connectivity index (χ0v) is 9.61. The maximum Gasteiger partial charge on any atom is 0.0384 e. The van der Waals surface area contributed by atoms with Gasteiger partial charge >= 0.3 is 0 Å². The number of fused-ring (bicyclic) bond motifs is 1. The van der Waals surface area contributed by atoms with Gasteiger partial charge in [0.2, 0.25) is 0 Å². The van der Waals surface area contributed by atoms with Crippen molar-refractivity contribution in [1.29, 1.82) is 0 Å². The second kappa shape index (κ2) is 3.02. The number of rotatable bonds is 1. The van der Waals surface area contributed by atoms with Crippen molar-refractivity contribution in [3.05, 3.63) is 28.2 Å². The first-order valence-corrected chi connectivity index (χ1v) is 5.49. The molecule has 1 aliphatic rings. The van der Waals surface area contributed by atoms with Gasteiger partial charge in [0, 0.05) is 15.7 Å². The van der Waals surface area contributed by atoms with Crippen molar-refractivity contribution in [2.75, 3.05) is 5.32 Å². The van der Waals surface area contributed by atoms with E-state index in [1.807, 2.05) is 0 Å². The summed E-state index contributed by atoms with van der Waals surface area (Å²) >= 11 is 3.50. The molecular weight excluding hydrogens is 226 g/mol. The van der Waals surface area contributed by atoms with Crippen LogP contribution in [-0.4, -0.2) is 5.54 Å². The van der Waals surface area contributed by atoms with Gasteiger partial charge in [0.25, 0.3) is 0 Å². The predicted octanol–water partition coefficient (Wildman–Crippen LogP) is 3.59. The highest BCUT2D eigenvalue weighted by Crippen LogP contribution is 2.35. The molecular formula is C11H14BrN. The fourth-order valence-electron chi connectivity index (χ4n) is 1.83. The van der Waals surface area contributed by atoms with Crippen molar-refractivity contribution in [2.45, 2.75) is 32.2 Å². The van der Waals surface area contributed by atoms with Crippen molar-refractivity contribution in [2.24, 2.45) is 0 Å². The second-order valence-corrected chi connectivity index (χ2v) is 4.93. The maximum absolute atomic E-state index is 3.57. The van der Waals surface area contributed by atoms with Crippen LogP contribution in [0.5, 0.6) is 0 Å². The van der Waals surface area contributed by atoms with Gasteiger partial charge in [0.15, 0.2) is 0 Å². The number of anilines is 1. The highest BCUT2D eigenvalue weighted by molar-refractivity contribution is 9.10. The first kappa shape index (κ1) is 9.07. The van der Waals surface area contributed by atoms with Gasteiger partial charge in [0.1, 0.15) is 0 Å². The average Bonchev–Trinajstić information content (AvgIpc) is 2.42. The largest absolute Gasteiger partial charge is 0.379 e. The molecule has 1 aromatic carbocycles. The summed E-state index contributed by atoms with van der Waals surface area (Å²) in [4.78, 5) is 0. The average molecular weight is 240 g/mol. The van der Waals surface area contributed by atoms with Crippen molar-refractivity contribution >= 4 is 21.6 Å². The van der Waals surface area contributed by atoms with E-state index in [1.165, 1.54) is 22.1 Å². The second-order valence-electron chi connectivity index (χ2n) is 4.02. The predicted molar refractivity (Wildman–Crippen MR) is 60.2 cm³/mol. The molecule has 2 heteroatoms. The Labute approximate surface area is 87.7 Å². The Morgan fingerprint density at radius 3 is 3.00 bits per heavy atom. The zero-order chi connectivity index (χ0) is 9.47. The summed E-state index contributed by atoms with van der Waals surface area (Å²) in [6, 6.07) is 6.46. The molecule has 0 aromatic heterocycles. The van der Waals surface area contributed by atoms with Crippen LogP contribution in [0.25, 0.3) is 0 Å². The van der Waals surface area contributed by atoms with Crippen LogP contribution < -0.4 is 5.32 Å². The molecule has 1 unspecified atom stereocenters. The van der Waals surface area contributed by atoms with E-state index in [4.69, 9.17) is 0 Å². The molecule has 0 amide bonds. The lowest BCUT2D eigenvalue weighted by Crippen LogP contribution is -2.30. The fourth-order valence-corrected chi connectivity index (χ4v) is 2.24. The first-order chi connectivity index (χ1) is 6.13. The van der Waals surface area contributed by atoms with Gasteiger partial charge in [0.05, 0.1) is 0 Å². The Hall–Kier alpha value is -0.500. The maximum atomic E-state index is 3.57. The number of halogens is 1. The smallest absolute Gasteiger partial charge is 0.0384 e. The van der Waals surface area contributed by atoms with E-state index < -0.39 is 0 Å². The van der Waals surface area contributed by atoms with E-state index in [1.54, 1.807) is 0 Å². The topological polar surface area (TPSA) is 12.0 Å². The monoisotopic (exact) mass is 239 g/mol. The lowest BCUT2D eigenvalue weighted by Gasteiger charge is -2.22. The van der Waals surface area contributed by atoms with Crippen molar-refractivity contribution in [3.8, 4) is 0 Å². The van der Waals surface area contributed by atoms with Gasteiger partial charge in [-0.25, -0.2) is 0 Å². The first-order valence-electron chi connectivity index (χ1n) is 4.69.